The largest absolute Gasteiger partial charge is 0.486 e. The van der Waals surface area contributed by atoms with Gasteiger partial charge in [0, 0.05) is 18.4 Å². The van der Waals surface area contributed by atoms with Crippen LogP contribution in [-0.4, -0.2) is 21.7 Å². The number of furan rings is 1. The summed E-state index contributed by atoms with van der Waals surface area (Å²) < 4.78 is 34.2. The van der Waals surface area contributed by atoms with Crippen molar-refractivity contribution in [3.05, 3.63) is 47.4 Å². The molecule has 0 bridgehead atoms. The fraction of sp³-hybridized carbons (Fsp3) is 0.333. The Hall–Kier alpha value is -1.79. The molecule has 0 radical (unpaired) electrons. The molecule has 0 aliphatic rings. The summed E-state index contributed by atoms with van der Waals surface area (Å²) in [6.07, 6.45) is 1.17. The third kappa shape index (κ3) is 4.09. The first-order valence-corrected chi connectivity index (χ1v) is 8.45. The van der Waals surface area contributed by atoms with Crippen LogP contribution in [-0.2, 0) is 23.0 Å². The molecule has 0 aliphatic heterocycles. The summed E-state index contributed by atoms with van der Waals surface area (Å²) >= 11 is 0. The van der Waals surface area contributed by atoms with Gasteiger partial charge in [0.1, 0.15) is 23.9 Å². The average molecular weight is 309 g/mol. The summed E-state index contributed by atoms with van der Waals surface area (Å²) in [5, 5.41) is 3.07. The van der Waals surface area contributed by atoms with E-state index in [1.165, 1.54) is 12.3 Å². The third-order valence-electron chi connectivity index (χ3n) is 3.05. The maximum absolute atomic E-state index is 11.5. The van der Waals surface area contributed by atoms with Gasteiger partial charge in [-0.15, -0.1) is 0 Å². The number of hydrogen-bond donors (Lipinski definition) is 1. The highest BCUT2D eigenvalue weighted by Crippen LogP contribution is 2.20. The smallest absolute Gasteiger partial charge is 0.175 e. The van der Waals surface area contributed by atoms with Crippen molar-refractivity contribution in [1.29, 1.82) is 0 Å². The molecule has 0 atom stereocenters. The highest BCUT2D eigenvalue weighted by atomic mass is 32.2. The summed E-state index contributed by atoms with van der Waals surface area (Å²) in [6, 6.07) is 8.38. The fourth-order valence-corrected chi connectivity index (χ4v) is 2.63. The van der Waals surface area contributed by atoms with Crippen molar-refractivity contribution in [2.45, 2.75) is 25.0 Å². The standard InChI is InChI=1S/C15H19NO4S/c1-11-12(9-16-2)7-14(20-11)10-19-13-5-4-6-15(8-13)21(3,17)18/h4-8,16H,9-10H2,1-3H3. The zero-order valence-electron chi connectivity index (χ0n) is 12.3. The van der Waals surface area contributed by atoms with E-state index in [1.54, 1.807) is 18.2 Å². The van der Waals surface area contributed by atoms with E-state index in [-0.39, 0.29) is 11.5 Å². The summed E-state index contributed by atoms with van der Waals surface area (Å²) in [5.74, 6) is 2.07. The minimum Gasteiger partial charge on any atom is -0.486 e. The molecule has 0 aliphatic carbocycles. The molecule has 0 saturated heterocycles. The summed E-state index contributed by atoms with van der Waals surface area (Å²) in [6.45, 7) is 2.90. The molecular weight excluding hydrogens is 290 g/mol. The molecule has 6 heteroatoms. The second kappa shape index (κ2) is 6.32. The van der Waals surface area contributed by atoms with Crippen LogP contribution in [0.5, 0.6) is 5.75 Å². The van der Waals surface area contributed by atoms with Gasteiger partial charge in [-0.1, -0.05) is 6.07 Å². The van der Waals surface area contributed by atoms with Crippen LogP contribution in [0.25, 0.3) is 0 Å². The van der Waals surface area contributed by atoms with Crippen molar-refractivity contribution in [1.82, 2.24) is 5.32 Å². The Morgan fingerprint density at radius 1 is 1.29 bits per heavy atom. The lowest BCUT2D eigenvalue weighted by Gasteiger charge is -2.05. The summed E-state index contributed by atoms with van der Waals surface area (Å²) in [4.78, 5) is 0.242. The van der Waals surface area contributed by atoms with E-state index in [0.717, 1.165) is 17.9 Å². The Kier molecular flexibility index (Phi) is 4.69. The normalized spacial score (nSPS) is 11.6. The first kappa shape index (κ1) is 15.6. The Labute approximate surface area is 124 Å². The first-order chi connectivity index (χ1) is 9.90. The Morgan fingerprint density at radius 3 is 2.71 bits per heavy atom. The van der Waals surface area contributed by atoms with E-state index in [2.05, 4.69) is 5.32 Å². The number of sulfone groups is 1. The minimum atomic E-state index is -3.23. The first-order valence-electron chi connectivity index (χ1n) is 6.56. The van der Waals surface area contributed by atoms with E-state index >= 15 is 0 Å². The van der Waals surface area contributed by atoms with Gasteiger partial charge in [0.25, 0.3) is 0 Å². The Balaban J connectivity index is 2.08. The average Bonchev–Trinajstić information content (AvgIpc) is 2.77. The quantitative estimate of drug-likeness (QED) is 0.886. The Bertz CT molecular complexity index is 719. The van der Waals surface area contributed by atoms with Gasteiger partial charge in [0.2, 0.25) is 0 Å². The van der Waals surface area contributed by atoms with Gasteiger partial charge in [0.15, 0.2) is 9.84 Å². The molecule has 0 fully saturated rings. The molecule has 1 aromatic carbocycles. The monoisotopic (exact) mass is 309 g/mol. The van der Waals surface area contributed by atoms with E-state index in [4.69, 9.17) is 9.15 Å². The van der Waals surface area contributed by atoms with Gasteiger partial charge in [-0.05, 0) is 38.2 Å². The molecule has 1 aromatic heterocycles. The molecular formula is C15H19NO4S. The van der Waals surface area contributed by atoms with E-state index in [9.17, 15) is 8.42 Å². The topological polar surface area (TPSA) is 68.5 Å². The van der Waals surface area contributed by atoms with Crippen LogP contribution in [0.3, 0.4) is 0 Å². The predicted octanol–water partition coefficient (Wildman–Crippen LogP) is 2.29. The lowest BCUT2D eigenvalue weighted by molar-refractivity contribution is 0.267. The highest BCUT2D eigenvalue weighted by molar-refractivity contribution is 7.90. The van der Waals surface area contributed by atoms with Crippen molar-refractivity contribution in [3.8, 4) is 5.75 Å². The summed E-state index contributed by atoms with van der Waals surface area (Å²) in [7, 11) is -1.36. The van der Waals surface area contributed by atoms with Crippen molar-refractivity contribution in [2.24, 2.45) is 0 Å². The molecule has 21 heavy (non-hydrogen) atoms. The van der Waals surface area contributed by atoms with Crippen LogP contribution in [0.4, 0.5) is 0 Å². The van der Waals surface area contributed by atoms with Gasteiger partial charge < -0.3 is 14.5 Å². The van der Waals surface area contributed by atoms with Crippen LogP contribution in [0.2, 0.25) is 0 Å². The van der Waals surface area contributed by atoms with Gasteiger partial charge in [-0.3, -0.25) is 0 Å². The van der Waals surface area contributed by atoms with Crippen LogP contribution in [0.1, 0.15) is 17.1 Å². The molecule has 2 aromatic rings. The van der Waals surface area contributed by atoms with Gasteiger partial charge in [-0.25, -0.2) is 8.42 Å². The van der Waals surface area contributed by atoms with Crippen LogP contribution in [0, 0.1) is 6.92 Å². The van der Waals surface area contributed by atoms with Crippen LogP contribution >= 0.6 is 0 Å². The fourth-order valence-electron chi connectivity index (χ4n) is 1.97. The van der Waals surface area contributed by atoms with Crippen molar-refractivity contribution < 1.29 is 17.6 Å². The van der Waals surface area contributed by atoms with Crippen molar-refractivity contribution >= 4 is 9.84 Å². The van der Waals surface area contributed by atoms with Gasteiger partial charge in [-0.2, -0.15) is 0 Å². The lowest BCUT2D eigenvalue weighted by Crippen LogP contribution is -2.04. The number of benzene rings is 1. The van der Waals surface area contributed by atoms with E-state index < -0.39 is 9.84 Å². The number of hydrogen-bond acceptors (Lipinski definition) is 5. The van der Waals surface area contributed by atoms with E-state index in [0.29, 0.717) is 11.5 Å². The van der Waals surface area contributed by atoms with Gasteiger partial charge in [0.05, 0.1) is 4.90 Å². The van der Waals surface area contributed by atoms with E-state index in [1.807, 2.05) is 20.0 Å². The second-order valence-electron chi connectivity index (χ2n) is 4.86. The third-order valence-corrected chi connectivity index (χ3v) is 4.16. The number of ether oxygens (including phenoxy) is 1. The zero-order chi connectivity index (χ0) is 15.5. The van der Waals surface area contributed by atoms with Crippen molar-refractivity contribution in [2.75, 3.05) is 13.3 Å². The molecule has 2 rings (SSSR count). The number of rotatable bonds is 6. The zero-order valence-corrected chi connectivity index (χ0v) is 13.2. The van der Waals surface area contributed by atoms with Gasteiger partial charge >= 0.3 is 0 Å². The highest BCUT2D eigenvalue weighted by Gasteiger charge is 2.10. The maximum atomic E-state index is 11.5. The Morgan fingerprint density at radius 2 is 2.05 bits per heavy atom. The number of nitrogens with one attached hydrogen (secondary N) is 1. The SMILES string of the molecule is CNCc1cc(COc2cccc(S(C)(=O)=O)c2)oc1C. The maximum Gasteiger partial charge on any atom is 0.175 e. The molecule has 1 heterocycles. The second-order valence-corrected chi connectivity index (χ2v) is 6.88. The predicted molar refractivity (Wildman–Crippen MR) is 80.1 cm³/mol. The summed E-state index contributed by atoms with van der Waals surface area (Å²) in [5.41, 5.74) is 1.08. The molecule has 0 spiro atoms. The molecule has 5 nitrogen and oxygen atoms in total. The molecule has 0 amide bonds. The molecule has 0 saturated carbocycles. The molecule has 1 N–H and O–H groups in total. The van der Waals surface area contributed by atoms with Crippen LogP contribution < -0.4 is 10.1 Å². The lowest BCUT2D eigenvalue weighted by atomic mass is 10.2. The number of aryl methyl sites for hydroxylation is 1. The molecule has 0 unspecified atom stereocenters. The van der Waals surface area contributed by atoms with Crippen LogP contribution in [0.15, 0.2) is 39.6 Å². The van der Waals surface area contributed by atoms with Crippen molar-refractivity contribution in [3.63, 3.8) is 0 Å². The minimum absolute atomic E-state index is 0.242. The molecule has 114 valence electrons.